The summed E-state index contributed by atoms with van der Waals surface area (Å²) in [5.41, 5.74) is 0.409. The van der Waals surface area contributed by atoms with Crippen LogP contribution in [0.25, 0.3) is 0 Å². The Morgan fingerprint density at radius 1 is 1.40 bits per heavy atom. The summed E-state index contributed by atoms with van der Waals surface area (Å²) in [6.07, 6.45) is 0. The SMILES string of the molecule is COc1cc(C#N)cc(Cl)c1OCC(=O)Nc1cccc([N+](=O)[O-])c1. The molecule has 0 aromatic heterocycles. The standard InChI is InChI=1S/C16H12ClN3O5/c1-24-14-6-10(8-18)5-13(17)16(14)25-9-15(21)19-11-3-2-4-12(7-11)20(22)23/h2-7H,9H2,1H3,(H,19,21). The molecule has 128 valence electrons. The zero-order valence-electron chi connectivity index (χ0n) is 13.0. The summed E-state index contributed by atoms with van der Waals surface area (Å²) in [4.78, 5) is 22.1. The van der Waals surface area contributed by atoms with E-state index in [2.05, 4.69) is 5.32 Å². The highest BCUT2D eigenvalue weighted by molar-refractivity contribution is 6.32. The number of nitro benzene ring substituents is 1. The van der Waals surface area contributed by atoms with Crippen LogP contribution in [0.15, 0.2) is 36.4 Å². The number of hydrogen-bond donors (Lipinski definition) is 1. The normalized spacial score (nSPS) is 9.80. The third kappa shape index (κ3) is 4.59. The maximum absolute atomic E-state index is 12.0. The lowest BCUT2D eigenvalue weighted by Crippen LogP contribution is -2.20. The fraction of sp³-hybridized carbons (Fsp3) is 0.125. The fourth-order valence-electron chi connectivity index (χ4n) is 1.96. The van der Waals surface area contributed by atoms with E-state index in [0.717, 1.165) is 0 Å². The smallest absolute Gasteiger partial charge is 0.271 e. The summed E-state index contributed by atoms with van der Waals surface area (Å²) < 4.78 is 10.5. The van der Waals surface area contributed by atoms with E-state index >= 15 is 0 Å². The van der Waals surface area contributed by atoms with Crippen molar-refractivity contribution in [3.05, 3.63) is 57.1 Å². The molecule has 0 bridgehead atoms. The van der Waals surface area contributed by atoms with Gasteiger partial charge in [-0.1, -0.05) is 17.7 Å². The molecule has 0 saturated carbocycles. The molecule has 0 fully saturated rings. The molecule has 0 radical (unpaired) electrons. The van der Waals surface area contributed by atoms with Gasteiger partial charge >= 0.3 is 0 Å². The van der Waals surface area contributed by atoms with Gasteiger partial charge in [-0.15, -0.1) is 0 Å². The number of nitro groups is 1. The number of nitrogens with one attached hydrogen (secondary N) is 1. The summed E-state index contributed by atoms with van der Waals surface area (Å²) in [6, 6.07) is 10.3. The van der Waals surface area contributed by atoms with Gasteiger partial charge in [0, 0.05) is 23.9 Å². The molecule has 0 aliphatic heterocycles. The first kappa shape index (κ1) is 18.0. The van der Waals surface area contributed by atoms with E-state index in [1.807, 2.05) is 6.07 Å². The van der Waals surface area contributed by atoms with Crippen molar-refractivity contribution < 1.29 is 19.2 Å². The van der Waals surface area contributed by atoms with Gasteiger partial charge in [-0.2, -0.15) is 5.26 Å². The number of hydrogen-bond acceptors (Lipinski definition) is 6. The van der Waals surface area contributed by atoms with Crippen LogP contribution in [-0.4, -0.2) is 24.5 Å². The van der Waals surface area contributed by atoms with Gasteiger partial charge in [0.1, 0.15) is 0 Å². The molecule has 1 amide bonds. The Hall–Kier alpha value is -3.31. The highest BCUT2D eigenvalue weighted by Gasteiger charge is 2.14. The Kier molecular flexibility index (Phi) is 5.76. The number of non-ortho nitro benzene ring substituents is 1. The maximum Gasteiger partial charge on any atom is 0.271 e. The van der Waals surface area contributed by atoms with Crippen molar-refractivity contribution in [3.8, 4) is 17.6 Å². The van der Waals surface area contributed by atoms with Crippen LogP contribution in [0.1, 0.15) is 5.56 Å². The molecule has 2 aromatic rings. The molecule has 1 N–H and O–H groups in total. The number of anilines is 1. The van der Waals surface area contributed by atoms with Gasteiger partial charge in [0.05, 0.1) is 28.7 Å². The zero-order chi connectivity index (χ0) is 18.4. The second kappa shape index (κ2) is 7.99. The quantitative estimate of drug-likeness (QED) is 0.624. The topological polar surface area (TPSA) is 114 Å². The average molecular weight is 362 g/mol. The summed E-state index contributed by atoms with van der Waals surface area (Å²) >= 11 is 6.03. The minimum absolute atomic E-state index is 0.123. The molecular weight excluding hydrogens is 350 g/mol. The number of halogens is 1. The van der Waals surface area contributed by atoms with E-state index < -0.39 is 17.4 Å². The van der Waals surface area contributed by atoms with Gasteiger partial charge in [0.25, 0.3) is 11.6 Å². The third-order valence-corrected chi connectivity index (χ3v) is 3.33. The van der Waals surface area contributed by atoms with Crippen LogP contribution in [0.5, 0.6) is 11.5 Å². The Morgan fingerprint density at radius 3 is 2.80 bits per heavy atom. The van der Waals surface area contributed by atoms with Gasteiger partial charge in [0.15, 0.2) is 18.1 Å². The zero-order valence-corrected chi connectivity index (χ0v) is 13.7. The van der Waals surface area contributed by atoms with E-state index in [1.54, 1.807) is 0 Å². The summed E-state index contributed by atoms with van der Waals surface area (Å²) in [7, 11) is 1.38. The predicted octanol–water partition coefficient (Wildman–Crippen LogP) is 3.15. The van der Waals surface area contributed by atoms with Crippen LogP contribution in [0.4, 0.5) is 11.4 Å². The van der Waals surface area contributed by atoms with Gasteiger partial charge < -0.3 is 14.8 Å². The lowest BCUT2D eigenvalue weighted by atomic mass is 10.2. The van der Waals surface area contributed by atoms with Crippen molar-refractivity contribution >= 4 is 28.9 Å². The van der Waals surface area contributed by atoms with Crippen molar-refractivity contribution in [1.82, 2.24) is 0 Å². The molecule has 0 unspecified atom stereocenters. The number of nitriles is 1. The molecule has 0 saturated heterocycles. The fourth-order valence-corrected chi connectivity index (χ4v) is 2.22. The number of amides is 1. The van der Waals surface area contributed by atoms with Gasteiger partial charge in [-0.3, -0.25) is 14.9 Å². The van der Waals surface area contributed by atoms with Crippen LogP contribution in [0.3, 0.4) is 0 Å². The van der Waals surface area contributed by atoms with Crippen molar-refractivity contribution in [2.24, 2.45) is 0 Å². The van der Waals surface area contributed by atoms with E-state index in [0.29, 0.717) is 0 Å². The lowest BCUT2D eigenvalue weighted by Gasteiger charge is -2.12. The maximum atomic E-state index is 12.0. The van der Waals surface area contributed by atoms with Gasteiger partial charge in [-0.25, -0.2) is 0 Å². The monoisotopic (exact) mass is 361 g/mol. The minimum atomic E-state index is -0.562. The number of benzene rings is 2. The Balaban J connectivity index is 2.07. The van der Waals surface area contributed by atoms with Crippen LogP contribution in [0, 0.1) is 21.4 Å². The molecule has 0 aliphatic rings. The molecule has 0 heterocycles. The van der Waals surface area contributed by atoms with Gasteiger partial charge in [0.2, 0.25) is 0 Å². The summed E-state index contributed by atoms with van der Waals surface area (Å²) in [5, 5.41) is 22.2. The van der Waals surface area contributed by atoms with Crippen LogP contribution < -0.4 is 14.8 Å². The largest absolute Gasteiger partial charge is 0.493 e. The molecule has 0 aliphatic carbocycles. The first-order valence-electron chi connectivity index (χ1n) is 6.89. The number of carbonyl (C=O) groups excluding carboxylic acids is 1. The number of rotatable bonds is 6. The second-order valence-corrected chi connectivity index (χ2v) is 5.15. The van der Waals surface area contributed by atoms with Crippen LogP contribution >= 0.6 is 11.6 Å². The van der Waals surface area contributed by atoms with Crippen molar-refractivity contribution in [2.75, 3.05) is 19.0 Å². The molecule has 0 atom stereocenters. The van der Waals surface area contributed by atoms with Crippen LogP contribution in [-0.2, 0) is 4.79 Å². The lowest BCUT2D eigenvalue weighted by molar-refractivity contribution is -0.384. The third-order valence-electron chi connectivity index (χ3n) is 3.05. The molecule has 9 heteroatoms. The number of carbonyl (C=O) groups is 1. The van der Waals surface area contributed by atoms with E-state index in [-0.39, 0.29) is 33.5 Å². The summed E-state index contributed by atoms with van der Waals surface area (Å²) in [5.74, 6) is -0.201. The molecule has 2 aromatic carbocycles. The second-order valence-electron chi connectivity index (χ2n) is 4.75. The van der Waals surface area contributed by atoms with Crippen molar-refractivity contribution in [3.63, 3.8) is 0 Å². The van der Waals surface area contributed by atoms with Crippen molar-refractivity contribution in [1.29, 1.82) is 5.26 Å². The number of nitrogens with zero attached hydrogens (tertiary/aromatic N) is 2. The Bertz CT molecular complexity index is 863. The first-order chi connectivity index (χ1) is 11.9. The van der Waals surface area contributed by atoms with E-state index in [1.165, 1.54) is 43.5 Å². The summed E-state index contributed by atoms with van der Waals surface area (Å²) in [6.45, 7) is -0.398. The first-order valence-corrected chi connectivity index (χ1v) is 7.27. The highest BCUT2D eigenvalue weighted by atomic mass is 35.5. The molecule has 8 nitrogen and oxygen atoms in total. The van der Waals surface area contributed by atoms with Crippen LogP contribution in [0.2, 0.25) is 5.02 Å². The number of methoxy groups -OCH3 is 1. The molecular formula is C16H12ClN3O5. The van der Waals surface area contributed by atoms with E-state index in [9.17, 15) is 14.9 Å². The Morgan fingerprint density at radius 2 is 2.16 bits per heavy atom. The Labute approximate surface area is 147 Å². The predicted molar refractivity (Wildman–Crippen MR) is 89.9 cm³/mol. The van der Waals surface area contributed by atoms with Gasteiger partial charge in [-0.05, 0) is 12.1 Å². The van der Waals surface area contributed by atoms with Crippen molar-refractivity contribution in [2.45, 2.75) is 0 Å². The van der Waals surface area contributed by atoms with E-state index in [4.69, 9.17) is 26.3 Å². The minimum Gasteiger partial charge on any atom is -0.493 e. The number of ether oxygens (including phenoxy) is 2. The molecule has 25 heavy (non-hydrogen) atoms. The molecule has 0 spiro atoms. The highest BCUT2D eigenvalue weighted by Crippen LogP contribution is 2.36. The average Bonchev–Trinajstić information content (AvgIpc) is 2.60. The molecule has 2 rings (SSSR count).